The van der Waals surface area contributed by atoms with Gasteiger partial charge in [-0.3, -0.25) is 4.79 Å². The van der Waals surface area contributed by atoms with Crippen LogP contribution >= 0.6 is 0 Å². The molecule has 0 saturated carbocycles. The van der Waals surface area contributed by atoms with Gasteiger partial charge in [0.05, 0.1) is 6.61 Å². The molecule has 2 rings (SSSR count). The number of methoxy groups -OCH3 is 1. The van der Waals surface area contributed by atoms with Crippen molar-refractivity contribution < 1.29 is 18.7 Å². The summed E-state index contributed by atoms with van der Waals surface area (Å²) in [6, 6.07) is 4.52. The average molecular weight is 296 g/mol. The molecule has 1 fully saturated rings. The molecule has 1 aliphatic rings. The lowest BCUT2D eigenvalue weighted by Gasteiger charge is -2.14. The van der Waals surface area contributed by atoms with Gasteiger partial charge in [-0.25, -0.2) is 4.39 Å². The molecule has 0 aliphatic carbocycles. The largest absolute Gasteiger partial charge is 0.480 e. The van der Waals surface area contributed by atoms with Gasteiger partial charge in [0.25, 0.3) is 5.91 Å². The van der Waals surface area contributed by atoms with Crippen LogP contribution in [0.1, 0.15) is 12.0 Å². The number of carbonyl (C=O) groups is 1. The molecule has 1 unspecified atom stereocenters. The maximum absolute atomic E-state index is 13.6. The summed E-state index contributed by atoms with van der Waals surface area (Å²) in [7, 11) is 3.37. The molecule has 1 aromatic rings. The van der Waals surface area contributed by atoms with Gasteiger partial charge in [0, 0.05) is 46.3 Å². The molecule has 5 nitrogen and oxygen atoms in total. The van der Waals surface area contributed by atoms with E-state index in [1.54, 1.807) is 25.1 Å². The molecule has 0 radical (unpaired) electrons. The third-order valence-electron chi connectivity index (χ3n) is 3.40. The van der Waals surface area contributed by atoms with E-state index in [0.717, 1.165) is 5.56 Å². The summed E-state index contributed by atoms with van der Waals surface area (Å²) in [5, 5.41) is 3.14. The van der Waals surface area contributed by atoms with Gasteiger partial charge >= 0.3 is 0 Å². The molecule has 1 aromatic carbocycles. The van der Waals surface area contributed by atoms with E-state index >= 15 is 0 Å². The number of hydrogen-bond acceptors (Lipinski definition) is 4. The standard InChI is InChI=1S/C15H21FN2O3/c1-18-5-3-14(15(18)19)21-13-8-11(7-12(16)9-13)10-17-4-6-20-2/h7-9,14,17H,3-6,10H2,1-2H3. The fraction of sp³-hybridized carbons (Fsp3) is 0.533. The summed E-state index contributed by atoms with van der Waals surface area (Å²) >= 11 is 0. The summed E-state index contributed by atoms with van der Waals surface area (Å²) in [6.07, 6.45) is 0.124. The van der Waals surface area contributed by atoms with Gasteiger partial charge < -0.3 is 19.7 Å². The predicted molar refractivity (Wildman–Crippen MR) is 76.7 cm³/mol. The Morgan fingerprint density at radius 3 is 2.90 bits per heavy atom. The Morgan fingerprint density at radius 2 is 2.24 bits per heavy atom. The molecule has 0 bridgehead atoms. The lowest BCUT2D eigenvalue weighted by Crippen LogP contribution is -2.29. The van der Waals surface area contributed by atoms with Crippen molar-refractivity contribution in [3.63, 3.8) is 0 Å². The number of amides is 1. The number of rotatable bonds is 7. The Morgan fingerprint density at radius 1 is 1.43 bits per heavy atom. The Labute approximate surface area is 124 Å². The third-order valence-corrected chi connectivity index (χ3v) is 3.40. The molecular formula is C15H21FN2O3. The molecule has 1 aliphatic heterocycles. The van der Waals surface area contributed by atoms with Crippen molar-refractivity contribution in [2.45, 2.75) is 19.1 Å². The van der Waals surface area contributed by atoms with Crippen LogP contribution in [0.4, 0.5) is 4.39 Å². The van der Waals surface area contributed by atoms with Crippen molar-refractivity contribution in [3.05, 3.63) is 29.6 Å². The third kappa shape index (κ3) is 4.41. The van der Waals surface area contributed by atoms with Gasteiger partial charge in [-0.15, -0.1) is 0 Å². The van der Waals surface area contributed by atoms with E-state index in [9.17, 15) is 9.18 Å². The molecule has 6 heteroatoms. The summed E-state index contributed by atoms with van der Waals surface area (Å²) in [5.74, 6) is -0.0268. The quantitative estimate of drug-likeness (QED) is 0.768. The van der Waals surface area contributed by atoms with Crippen LogP contribution in [0.2, 0.25) is 0 Å². The zero-order chi connectivity index (χ0) is 15.2. The normalized spacial score (nSPS) is 18.3. The van der Waals surface area contributed by atoms with Crippen molar-refractivity contribution in [3.8, 4) is 5.75 Å². The Bertz CT molecular complexity index is 496. The molecule has 1 atom stereocenters. The maximum atomic E-state index is 13.6. The minimum absolute atomic E-state index is 0.0565. The van der Waals surface area contributed by atoms with Crippen LogP contribution in [0.5, 0.6) is 5.75 Å². The topological polar surface area (TPSA) is 50.8 Å². The number of likely N-dealkylation sites (N-methyl/N-ethyl adjacent to an activating group) is 1. The fourth-order valence-electron chi connectivity index (χ4n) is 2.26. The van der Waals surface area contributed by atoms with E-state index in [1.165, 1.54) is 12.1 Å². The van der Waals surface area contributed by atoms with Gasteiger partial charge in [-0.1, -0.05) is 0 Å². The van der Waals surface area contributed by atoms with Crippen LogP contribution in [-0.4, -0.2) is 50.8 Å². The van der Waals surface area contributed by atoms with Crippen molar-refractivity contribution in [2.75, 3.05) is 33.9 Å². The van der Waals surface area contributed by atoms with Gasteiger partial charge in [0.15, 0.2) is 6.10 Å². The first-order valence-electron chi connectivity index (χ1n) is 7.01. The van der Waals surface area contributed by atoms with Crippen LogP contribution in [0.3, 0.4) is 0 Å². The van der Waals surface area contributed by atoms with Crippen LogP contribution < -0.4 is 10.1 Å². The van der Waals surface area contributed by atoms with E-state index in [4.69, 9.17) is 9.47 Å². The van der Waals surface area contributed by atoms with Gasteiger partial charge in [0.1, 0.15) is 11.6 Å². The highest BCUT2D eigenvalue weighted by Gasteiger charge is 2.30. The number of nitrogens with one attached hydrogen (secondary N) is 1. The second kappa shape index (κ2) is 7.38. The Balaban J connectivity index is 1.96. The van der Waals surface area contributed by atoms with E-state index in [1.807, 2.05) is 0 Å². The Hall–Kier alpha value is -1.66. The highest BCUT2D eigenvalue weighted by atomic mass is 19.1. The molecule has 1 N–H and O–H groups in total. The average Bonchev–Trinajstić information content (AvgIpc) is 2.75. The van der Waals surface area contributed by atoms with E-state index in [-0.39, 0.29) is 11.7 Å². The van der Waals surface area contributed by atoms with Crippen molar-refractivity contribution >= 4 is 5.91 Å². The van der Waals surface area contributed by atoms with Crippen LogP contribution in [-0.2, 0) is 16.1 Å². The van der Waals surface area contributed by atoms with Crippen molar-refractivity contribution in [2.24, 2.45) is 0 Å². The first-order chi connectivity index (χ1) is 10.1. The molecule has 0 aromatic heterocycles. The molecule has 116 valence electrons. The fourth-order valence-corrected chi connectivity index (χ4v) is 2.26. The Kier molecular flexibility index (Phi) is 5.52. The highest BCUT2D eigenvalue weighted by Crippen LogP contribution is 2.21. The van der Waals surface area contributed by atoms with Gasteiger partial charge in [0.2, 0.25) is 0 Å². The second-order valence-electron chi connectivity index (χ2n) is 5.12. The zero-order valence-electron chi connectivity index (χ0n) is 12.4. The number of likely N-dealkylation sites (tertiary alicyclic amines) is 1. The van der Waals surface area contributed by atoms with Crippen LogP contribution in [0, 0.1) is 5.82 Å². The molecule has 1 saturated heterocycles. The summed E-state index contributed by atoms with van der Waals surface area (Å²) in [5.41, 5.74) is 0.778. The molecule has 1 heterocycles. The highest BCUT2D eigenvalue weighted by molar-refractivity contribution is 5.83. The molecule has 21 heavy (non-hydrogen) atoms. The van der Waals surface area contributed by atoms with E-state index < -0.39 is 6.10 Å². The number of nitrogens with zero attached hydrogens (tertiary/aromatic N) is 1. The maximum Gasteiger partial charge on any atom is 0.263 e. The summed E-state index contributed by atoms with van der Waals surface area (Å²) in [6.45, 7) is 2.48. The predicted octanol–water partition coefficient (Wildman–Crippen LogP) is 1.17. The van der Waals surface area contributed by atoms with Crippen LogP contribution in [0.15, 0.2) is 18.2 Å². The van der Waals surface area contributed by atoms with Crippen molar-refractivity contribution in [1.82, 2.24) is 10.2 Å². The molecule has 1 amide bonds. The monoisotopic (exact) mass is 296 g/mol. The SMILES string of the molecule is COCCNCc1cc(F)cc(OC2CCN(C)C2=O)c1. The lowest BCUT2D eigenvalue weighted by atomic mass is 10.2. The zero-order valence-corrected chi connectivity index (χ0v) is 12.4. The number of carbonyl (C=O) groups excluding carboxylic acids is 1. The number of benzene rings is 1. The van der Waals surface area contributed by atoms with Crippen LogP contribution in [0.25, 0.3) is 0 Å². The number of hydrogen-bond donors (Lipinski definition) is 1. The number of ether oxygens (including phenoxy) is 2. The smallest absolute Gasteiger partial charge is 0.263 e. The van der Waals surface area contributed by atoms with E-state index in [2.05, 4.69) is 5.32 Å². The van der Waals surface area contributed by atoms with Gasteiger partial charge in [-0.05, 0) is 17.7 Å². The first-order valence-corrected chi connectivity index (χ1v) is 7.01. The minimum atomic E-state index is -0.508. The summed E-state index contributed by atoms with van der Waals surface area (Å²) in [4.78, 5) is 13.4. The molecule has 0 spiro atoms. The van der Waals surface area contributed by atoms with Gasteiger partial charge in [-0.2, -0.15) is 0 Å². The van der Waals surface area contributed by atoms with E-state index in [0.29, 0.717) is 38.4 Å². The number of halogens is 1. The summed E-state index contributed by atoms with van der Waals surface area (Å²) < 4.78 is 24.2. The minimum Gasteiger partial charge on any atom is -0.480 e. The second-order valence-corrected chi connectivity index (χ2v) is 5.12. The van der Waals surface area contributed by atoms with Crippen molar-refractivity contribution in [1.29, 1.82) is 0 Å². The first kappa shape index (κ1) is 15.7. The molecular weight excluding hydrogens is 275 g/mol. The lowest BCUT2D eigenvalue weighted by molar-refractivity contribution is -0.132.